The number of anilines is 1. The van der Waals surface area contributed by atoms with Crippen molar-refractivity contribution in [2.45, 2.75) is 19.4 Å². The second kappa shape index (κ2) is 7.25. The molecule has 3 nitrogen and oxygen atoms in total. The molecule has 1 atom stereocenters. The Morgan fingerprint density at radius 2 is 2.00 bits per heavy atom. The summed E-state index contributed by atoms with van der Waals surface area (Å²) in [6, 6.07) is 10.4. The average molecular weight is 222 g/mol. The zero-order valence-corrected chi connectivity index (χ0v) is 10.2. The summed E-state index contributed by atoms with van der Waals surface area (Å²) < 4.78 is 0. The number of para-hydroxylation sites is 1. The van der Waals surface area contributed by atoms with Crippen LogP contribution in [0.2, 0.25) is 0 Å². The first-order valence-corrected chi connectivity index (χ1v) is 5.88. The first-order chi connectivity index (χ1) is 7.77. The molecule has 90 valence electrons. The second-order valence-electron chi connectivity index (χ2n) is 4.05. The fourth-order valence-corrected chi connectivity index (χ4v) is 1.65. The summed E-state index contributed by atoms with van der Waals surface area (Å²) in [5.41, 5.74) is 1.18. The molecule has 0 saturated carbocycles. The molecule has 2 N–H and O–H groups in total. The normalized spacial score (nSPS) is 12.4. The summed E-state index contributed by atoms with van der Waals surface area (Å²) in [6.45, 7) is 4.08. The van der Waals surface area contributed by atoms with Gasteiger partial charge in [-0.3, -0.25) is 0 Å². The molecular weight excluding hydrogens is 200 g/mol. The minimum atomic E-state index is 0.144. The number of likely N-dealkylation sites (N-methyl/N-ethyl adjacent to an activating group) is 1. The van der Waals surface area contributed by atoms with Crippen LogP contribution >= 0.6 is 0 Å². The Hall–Kier alpha value is -1.06. The number of aliphatic hydroxyl groups excluding tert-OH is 1. The summed E-state index contributed by atoms with van der Waals surface area (Å²) in [6.07, 6.45) is 1.09. The lowest BCUT2D eigenvalue weighted by atomic mass is 10.2. The monoisotopic (exact) mass is 222 g/mol. The number of rotatable bonds is 7. The van der Waals surface area contributed by atoms with Crippen molar-refractivity contribution in [3.63, 3.8) is 0 Å². The van der Waals surface area contributed by atoms with Gasteiger partial charge in [-0.15, -0.1) is 0 Å². The molecule has 0 aliphatic rings. The summed E-state index contributed by atoms with van der Waals surface area (Å²) in [5, 5.41) is 12.6. The van der Waals surface area contributed by atoms with Crippen LogP contribution in [-0.2, 0) is 0 Å². The largest absolute Gasteiger partial charge is 0.395 e. The highest BCUT2D eigenvalue weighted by molar-refractivity contribution is 5.45. The van der Waals surface area contributed by atoms with Crippen molar-refractivity contribution in [2.75, 3.05) is 31.6 Å². The molecule has 0 heterocycles. The van der Waals surface area contributed by atoms with Gasteiger partial charge in [0.25, 0.3) is 0 Å². The van der Waals surface area contributed by atoms with Crippen molar-refractivity contribution in [3.8, 4) is 0 Å². The quantitative estimate of drug-likeness (QED) is 0.733. The molecule has 1 unspecified atom stereocenters. The first kappa shape index (κ1) is 13.0. The molecular formula is C13H22N2O. The standard InChI is InChI=1S/C13H22N2O/c1-3-9-14-12(11-16)10-15(2)13-7-5-4-6-8-13/h4-8,12,14,16H,3,9-11H2,1-2H3. The molecule has 3 heteroatoms. The van der Waals surface area contributed by atoms with Crippen molar-refractivity contribution in [1.29, 1.82) is 0 Å². The van der Waals surface area contributed by atoms with Gasteiger partial charge >= 0.3 is 0 Å². The van der Waals surface area contributed by atoms with Crippen molar-refractivity contribution in [2.24, 2.45) is 0 Å². The lowest BCUT2D eigenvalue weighted by Gasteiger charge is -2.25. The van der Waals surface area contributed by atoms with Gasteiger partial charge in [-0.1, -0.05) is 25.1 Å². The Balaban J connectivity index is 2.45. The third-order valence-corrected chi connectivity index (χ3v) is 2.59. The highest BCUT2D eigenvalue weighted by atomic mass is 16.3. The lowest BCUT2D eigenvalue weighted by Crippen LogP contribution is -2.42. The van der Waals surface area contributed by atoms with Gasteiger partial charge in [0, 0.05) is 25.3 Å². The van der Waals surface area contributed by atoms with Crippen molar-refractivity contribution < 1.29 is 5.11 Å². The molecule has 16 heavy (non-hydrogen) atoms. The van der Waals surface area contributed by atoms with E-state index >= 15 is 0 Å². The minimum absolute atomic E-state index is 0.144. The van der Waals surface area contributed by atoms with Gasteiger partial charge < -0.3 is 15.3 Å². The van der Waals surface area contributed by atoms with Crippen LogP contribution in [0.15, 0.2) is 30.3 Å². The van der Waals surface area contributed by atoms with Crippen LogP contribution in [0.1, 0.15) is 13.3 Å². The Bertz CT molecular complexity index is 277. The van der Waals surface area contributed by atoms with Crippen LogP contribution in [0.25, 0.3) is 0 Å². The fraction of sp³-hybridized carbons (Fsp3) is 0.538. The van der Waals surface area contributed by atoms with E-state index in [4.69, 9.17) is 0 Å². The van der Waals surface area contributed by atoms with Crippen LogP contribution in [0, 0.1) is 0 Å². The Kier molecular flexibility index (Phi) is 5.90. The predicted octanol–water partition coefficient (Wildman–Crippen LogP) is 1.48. The van der Waals surface area contributed by atoms with Crippen LogP contribution in [0.3, 0.4) is 0 Å². The van der Waals surface area contributed by atoms with E-state index < -0.39 is 0 Å². The highest BCUT2D eigenvalue weighted by Crippen LogP contribution is 2.10. The summed E-state index contributed by atoms with van der Waals surface area (Å²) >= 11 is 0. The van der Waals surface area contributed by atoms with E-state index in [2.05, 4.69) is 29.3 Å². The summed E-state index contributed by atoms with van der Waals surface area (Å²) in [7, 11) is 2.05. The molecule has 0 aromatic heterocycles. The van der Waals surface area contributed by atoms with E-state index in [0.717, 1.165) is 19.5 Å². The van der Waals surface area contributed by atoms with E-state index in [0.29, 0.717) is 0 Å². The van der Waals surface area contributed by atoms with E-state index in [-0.39, 0.29) is 12.6 Å². The Morgan fingerprint density at radius 3 is 2.56 bits per heavy atom. The number of hydrogen-bond acceptors (Lipinski definition) is 3. The number of aliphatic hydroxyl groups is 1. The zero-order chi connectivity index (χ0) is 11.8. The van der Waals surface area contributed by atoms with Gasteiger partial charge in [0.05, 0.1) is 6.61 Å². The summed E-state index contributed by atoms with van der Waals surface area (Å²) in [5.74, 6) is 0. The number of hydrogen-bond donors (Lipinski definition) is 2. The Morgan fingerprint density at radius 1 is 1.31 bits per heavy atom. The fourth-order valence-electron chi connectivity index (χ4n) is 1.65. The molecule has 1 aromatic rings. The maximum absolute atomic E-state index is 9.26. The molecule has 0 aliphatic carbocycles. The molecule has 0 saturated heterocycles. The average Bonchev–Trinajstić information content (AvgIpc) is 2.35. The van der Waals surface area contributed by atoms with Gasteiger partial charge in [-0.2, -0.15) is 0 Å². The van der Waals surface area contributed by atoms with Crippen molar-refractivity contribution in [1.82, 2.24) is 5.32 Å². The van der Waals surface area contributed by atoms with Crippen LogP contribution < -0.4 is 10.2 Å². The Labute approximate surface area is 98.1 Å². The smallest absolute Gasteiger partial charge is 0.0601 e. The molecule has 0 radical (unpaired) electrons. The maximum Gasteiger partial charge on any atom is 0.0601 e. The van der Waals surface area contributed by atoms with Crippen molar-refractivity contribution >= 4 is 5.69 Å². The summed E-state index contributed by atoms with van der Waals surface area (Å²) in [4.78, 5) is 2.16. The molecule has 0 fully saturated rings. The van der Waals surface area contributed by atoms with Gasteiger partial charge in [-0.05, 0) is 25.1 Å². The van der Waals surface area contributed by atoms with E-state index in [9.17, 15) is 5.11 Å². The van der Waals surface area contributed by atoms with Gasteiger partial charge in [0.15, 0.2) is 0 Å². The first-order valence-electron chi connectivity index (χ1n) is 5.88. The third kappa shape index (κ3) is 4.21. The van der Waals surface area contributed by atoms with Gasteiger partial charge in [0.2, 0.25) is 0 Å². The van der Waals surface area contributed by atoms with E-state index in [1.54, 1.807) is 0 Å². The van der Waals surface area contributed by atoms with Crippen molar-refractivity contribution in [3.05, 3.63) is 30.3 Å². The second-order valence-corrected chi connectivity index (χ2v) is 4.05. The van der Waals surface area contributed by atoms with Crippen LogP contribution in [-0.4, -0.2) is 37.9 Å². The van der Waals surface area contributed by atoms with Crippen LogP contribution in [0.4, 0.5) is 5.69 Å². The number of nitrogens with zero attached hydrogens (tertiary/aromatic N) is 1. The zero-order valence-electron chi connectivity index (χ0n) is 10.2. The molecule has 1 rings (SSSR count). The molecule has 0 amide bonds. The van der Waals surface area contributed by atoms with E-state index in [1.165, 1.54) is 5.69 Å². The number of nitrogens with one attached hydrogen (secondary N) is 1. The molecule has 1 aromatic carbocycles. The topological polar surface area (TPSA) is 35.5 Å². The van der Waals surface area contributed by atoms with Gasteiger partial charge in [-0.25, -0.2) is 0 Å². The SMILES string of the molecule is CCCNC(CO)CN(C)c1ccccc1. The molecule has 0 bridgehead atoms. The van der Waals surface area contributed by atoms with Crippen LogP contribution in [0.5, 0.6) is 0 Å². The third-order valence-electron chi connectivity index (χ3n) is 2.59. The van der Waals surface area contributed by atoms with E-state index in [1.807, 2.05) is 25.2 Å². The molecule has 0 aliphatic heterocycles. The predicted molar refractivity (Wildman–Crippen MR) is 68.9 cm³/mol. The maximum atomic E-state index is 9.26. The van der Waals surface area contributed by atoms with Gasteiger partial charge in [0.1, 0.15) is 0 Å². The number of benzene rings is 1. The molecule has 0 spiro atoms. The highest BCUT2D eigenvalue weighted by Gasteiger charge is 2.09. The minimum Gasteiger partial charge on any atom is -0.395 e. The lowest BCUT2D eigenvalue weighted by molar-refractivity contribution is 0.245.